The van der Waals surface area contributed by atoms with Gasteiger partial charge >= 0.3 is 0 Å². The minimum atomic E-state index is 0. The number of aromatic nitrogens is 3. The summed E-state index contributed by atoms with van der Waals surface area (Å²) >= 11 is 6.89. The summed E-state index contributed by atoms with van der Waals surface area (Å²) in [6.45, 7) is 3.72. The SMILES string of the molecule is CNC1CN(Cc2ccc(Cn3ccc4nc(N)nc(N)c43)c(OC)c2)C1.[Cm].[Pu].[S-]S. The fourth-order valence-electron chi connectivity index (χ4n) is 3.63. The minimum absolute atomic E-state index is 0. The van der Waals surface area contributed by atoms with Crippen LogP contribution < -0.4 is 21.5 Å². The maximum Gasteiger partial charge on any atom is 0.222 e. The molecule has 1 fully saturated rings. The van der Waals surface area contributed by atoms with E-state index in [0.29, 0.717) is 18.4 Å². The van der Waals surface area contributed by atoms with Crippen molar-refractivity contribution >= 4 is 46.1 Å². The van der Waals surface area contributed by atoms with Gasteiger partial charge in [-0.15, -0.1) is 0 Å². The van der Waals surface area contributed by atoms with Crippen LogP contribution in [0, 0.1) is 29.2 Å². The summed E-state index contributed by atoms with van der Waals surface area (Å²) in [5.74, 6) is 1.44. The molecule has 1 aromatic carbocycles. The van der Waals surface area contributed by atoms with Gasteiger partial charge < -0.3 is 49.4 Å². The van der Waals surface area contributed by atoms with E-state index in [0.717, 1.165) is 42.0 Å². The first-order valence-electron chi connectivity index (χ1n) is 9.19. The molecule has 2 aromatic heterocycles. The molecular weight excluding hydrogens is 897 g/mol. The summed E-state index contributed by atoms with van der Waals surface area (Å²) in [4.78, 5) is 10.7. The number of anilines is 2. The van der Waals surface area contributed by atoms with Crippen molar-refractivity contribution in [3.05, 3.63) is 41.6 Å². The molecule has 5 N–H and O–H groups in total. The van der Waals surface area contributed by atoms with Gasteiger partial charge in [-0.25, -0.2) is 4.98 Å². The summed E-state index contributed by atoms with van der Waals surface area (Å²) < 4.78 is 7.67. The number of ether oxygens (including phenoxy) is 1. The van der Waals surface area contributed by atoms with Crippen LogP contribution >= 0.6 is 11.7 Å². The molecule has 0 saturated carbocycles. The van der Waals surface area contributed by atoms with Crippen LogP contribution in [0.15, 0.2) is 30.5 Å². The Balaban J connectivity index is 0.00000117. The van der Waals surface area contributed by atoms with E-state index in [9.17, 15) is 0 Å². The first-order chi connectivity index (χ1) is 14.1. The Morgan fingerprint density at radius 2 is 1.90 bits per heavy atom. The summed E-state index contributed by atoms with van der Waals surface area (Å²) in [7, 11) is 3.71. The molecule has 12 heteroatoms. The van der Waals surface area contributed by atoms with Crippen LogP contribution in [-0.2, 0) is 24.8 Å². The number of fused-ring (bicyclic) bond motifs is 1. The molecule has 1 saturated heterocycles. The first kappa shape index (κ1) is 26.9. The van der Waals surface area contributed by atoms with E-state index in [-0.39, 0.29) is 35.1 Å². The smallest absolute Gasteiger partial charge is 0.222 e. The summed E-state index contributed by atoms with van der Waals surface area (Å²) in [6.07, 6.45) is 1.94. The molecule has 3 aromatic rings. The van der Waals surface area contributed by atoms with Crippen molar-refractivity contribution in [3.63, 3.8) is 0 Å². The predicted molar refractivity (Wildman–Crippen MR) is 123 cm³/mol. The number of rotatable bonds is 6. The molecule has 0 atom stereocenters. The van der Waals surface area contributed by atoms with Gasteiger partial charge in [-0.2, -0.15) is 4.98 Å². The average Bonchev–Trinajstić information content (AvgIpc) is 3.09. The first-order valence-corrected chi connectivity index (χ1v) is 10.6. The zero-order valence-corrected chi connectivity index (χ0v) is 25.3. The minimum Gasteiger partial charge on any atom is -0.723 e. The Morgan fingerprint density at radius 1 is 1.19 bits per heavy atom. The van der Waals surface area contributed by atoms with Crippen molar-refractivity contribution in [2.24, 2.45) is 0 Å². The number of hydrogen-bond acceptors (Lipinski definition) is 9. The third-order valence-corrected chi connectivity index (χ3v) is 5.12. The Bertz CT molecular complexity index is 985. The molecule has 8 nitrogen and oxygen atoms in total. The third-order valence-electron chi connectivity index (χ3n) is 5.12. The van der Waals surface area contributed by atoms with Crippen molar-refractivity contribution < 1.29 is 33.9 Å². The van der Waals surface area contributed by atoms with Crippen LogP contribution in [0.5, 0.6) is 5.75 Å². The van der Waals surface area contributed by atoms with E-state index in [1.807, 2.05) is 23.9 Å². The Labute approximate surface area is 208 Å². The quantitative estimate of drug-likeness (QED) is 0.168. The molecule has 31 heavy (non-hydrogen) atoms. The summed E-state index contributed by atoms with van der Waals surface area (Å²) in [5, 5.41) is 3.30. The van der Waals surface area contributed by atoms with Crippen LogP contribution in [0.4, 0.5) is 11.8 Å². The normalized spacial score (nSPS) is 13.4. The van der Waals surface area contributed by atoms with Gasteiger partial charge in [0.15, 0.2) is 5.82 Å². The number of benzene rings is 1. The second kappa shape index (κ2) is 12.0. The fraction of sp³-hybridized carbons (Fsp3) is 0.368. The van der Waals surface area contributed by atoms with Gasteiger partial charge in [-0.3, -0.25) is 4.90 Å². The van der Waals surface area contributed by atoms with Crippen LogP contribution in [0.25, 0.3) is 11.0 Å². The van der Waals surface area contributed by atoms with Gasteiger partial charge in [0.1, 0.15) is 11.3 Å². The Morgan fingerprint density at radius 3 is 2.55 bits per heavy atom. The number of methoxy groups -OCH3 is 1. The van der Waals surface area contributed by atoms with Gasteiger partial charge in [-0.05, 0) is 24.7 Å². The molecular formula is C19H26CmN7OPuS2-. The standard InChI is InChI=1S/C19H25N7O.Cm.Pu.H2S2/c1-22-14-10-25(11-14)8-12-3-4-13(16(7-12)27-2)9-26-6-5-15-17(26)18(20)24-19(21)23-15;;;1-2/h3-7,14,22H,8-11H2,1-2H3,(H4,20,21,23,24);;;1-2H/p-1. The number of nitrogens with one attached hydrogen (secondary N) is 1. The predicted octanol–water partition coefficient (Wildman–Crippen LogP) is 1.43. The molecule has 0 radical (unpaired) electrons. The summed E-state index contributed by atoms with van der Waals surface area (Å²) in [5.41, 5.74) is 15.6. The van der Waals surface area contributed by atoms with E-state index in [4.69, 9.17) is 16.2 Å². The maximum absolute atomic E-state index is 6.06. The van der Waals surface area contributed by atoms with Crippen molar-refractivity contribution in [1.82, 2.24) is 24.8 Å². The fourth-order valence-corrected chi connectivity index (χ4v) is 3.63. The number of nitrogen functional groups attached to an aromatic ring is 2. The van der Waals surface area contributed by atoms with Crippen LogP contribution in [0.3, 0.4) is 0 Å². The van der Waals surface area contributed by atoms with Crippen molar-refractivity contribution in [3.8, 4) is 5.75 Å². The van der Waals surface area contributed by atoms with Gasteiger partial charge in [0.05, 0.1) is 19.2 Å². The molecule has 0 amide bonds. The number of likely N-dealkylation sites (tertiary alicyclic amines) is 1. The molecule has 0 bridgehead atoms. The van der Waals surface area contributed by atoms with Crippen molar-refractivity contribution in [2.75, 3.05) is 38.7 Å². The largest absolute Gasteiger partial charge is 0.723 e. The van der Waals surface area contributed by atoms with Crippen LogP contribution in [0.1, 0.15) is 11.1 Å². The molecule has 0 unspecified atom stereocenters. The maximum atomic E-state index is 6.06. The molecule has 1 aliphatic rings. The number of hydrogen-bond donors (Lipinski definition) is 4. The van der Waals surface area contributed by atoms with E-state index in [1.54, 1.807) is 7.11 Å². The molecule has 1 aliphatic heterocycles. The van der Waals surface area contributed by atoms with Gasteiger partial charge in [0.2, 0.25) is 5.95 Å². The number of likely N-dealkylation sites (N-methyl/N-ethyl adjacent to an activating group) is 1. The molecule has 0 aliphatic carbocycles. The number of nitrogens with zero attached hydrogens (tertiary/aromatic N) is 4. The molecule has 4 rings (SSSR count). The zero-order chi connectivity index (χ0) is 21.0. The van der Waals surface area contributed by atoms with Gasteiger partial charge in [0, 0.05) is 66.6 Å². The Hall–Kier alpha value is -2.15. The van der Waals surface area contributed by atoms with E-state index >= 15 is 0 Å². The van der Waals surface area contributed by atoms with Gasteiger partial charge in [0.25, 0.3) is 0 Å². The zero-order valence-electron chi connectivity index (χ0n) is 17.3. The monoisotopic (exact) mass is 913 g/mol. The number of nitrogens with two attached hydrogens (primary N) is 2. The topological polar surface area (TPSA) is 107 Å². The summed E-state index contributed by atoms with van der Waals surface area (Å²) in [6, 6.07) is 8.89. The van der Waals surface area contributed by atoms with Crippen LogP contribution in [0.2, 0.25) is 0 Å². The van der Waals surface area contributed by atoms with Crippen molar-refractivity contribution in [1.29, 1.82) is 0 Å². The molecule has 3 heterocycles. The Kier molecular flexibility index (Phi) is 10.4. The van der Waals surface area contributed by atoms with Crippen molar-refractivity contribution in [2.45, 2.75) is 19.1 Å². The third kappa shape index (κ3) is 5.96. The molecule has 0 spiro atoms. The van der Waals surface area contributed by atoms with E-state index in [2.05, 4.69) is 61.7 Å². The van der Waals surface area contributed by atoms with E-state index < -0.39 is 0 Å². The second-order valence-electron chi connectivity index (χ2n) is 6.97. The second-order valence-corrected chi connectivity index (χ2v) is 6.97. The van der Waals surface area contributed by atoms with Crippen LogP contribution in [-0.4, -0.2) is 52.7 Å². The molecule has 170 valence electrons. The van der Waals surface area contributed by atoms with Gasteiger partial charge in [-0.1, -0.05) is 12.1 Å². The average molecular weight is 924 g/mol. The number of thiol groups is 1. The van der Waals surface area contributed by atoms with E-state index in [1.165, 1.54) is 5.56 Å².